The zero-order chi connectivity index (χ0) is 34.1. The van der Waals surface area contributed by atoms with Crippen LogP contribution in [0.3, 0.4) is 0 Å². The third-order valence-electron chi connectivity index (χ3n) is 9.62. The molecule has 6 rings (SSSR count). The van der Waals surface area contributed by atoms with Crippen molar-refractivity contribution in [2.75, 3.05) is 71.4 Å². The first-order valence-corrected chi connectivity index (χ1v) is 17.7. The summed E-state index contributed by atoms with van der Waals surface area (Å²) in [6.45, 7) is 7.13. The van der Waals surface area contributed by atoms with Gasteiger partial charge in [0.1, 0.15) is 17.2 Å². The molecule has 3 aromatic carbocycles. The number of piperidine rings is 1. The first-order chi connectivity index (χ1) is 23.1. The molecule has 12 nitrogen and oxygen atoms in total. The van der Waals surface area contributed by atoms with Gasteiger partial charge >= 0.3 is 6.03 Å². The van der Waals surface area contributed by atoms with Crippen molar-refractivity contribution in [3.63, 3.8) is 0 Å². The number of carbonyl (C=O) groups is 2. The molecule has 2 saturated heterocycles. The summed E-state index contributed by atoms with van der Waals surface area (Å²) in [5, 5.41) is 3.06. The number of fused-ring (bicyclic) bond motifs is 1. The molecule has 3 amide bonds. The van der Waals surface area contributed by atoms with E-state index in [4.69, 9.17) is 14.2 Å². The lowest BCUT2D eigenvalue weighted by molar-refractivity contribution is -0.121. The maximum absolute atomic E-state index is 15.1. The highest BCUT2D eigenvalue weighted by atomic mass is 32.2. The average Bonchev–Trinajstić information content (AvgIpc) is 3.36. The lowest BCUT2D eigenvalue weighted by Gasteiger charge is -2.42. The number of carbonyl (C=O) groups excluding carboxylic acids is 2. The lowest BCUT2D eigenvalue weighted by atomic mass is 9.83. The van der Waals surface area contributed by atoms with Gasteiger partial charge < -0.3 is 29.3 Å². The number of rotatable bonds is 9. The Morgan fingerprint density at radius 2 is 1.52 bits per heavy atom. The van der Waals surface area contributed by atoms with Crippen LogP contribution in [0.1, 0.15) is 30.9 Å². The van der Waals surface area contributed by atoms with Gasteiger partial charge in [-0.25, -0.2) is 13.2 Å². The number of methoxy groups -OCH3 is 2. The average molecular weight is 678 g/mol. The van der Waals surface area contributed by atoms with Crippen molar-refractivity contribution >= 4 is 27.6 Å². The Labute approximate surface area is 282 Å². The molecule has 256 valence electrons. The Kier molecular flexibility index (Phi) is 9.55. The van der Waals surface area contributed by atoms with E-state index in [0.29, 0.717) is 41.9 Å². The SMILES string of the molecule is CCOc1ccccc1C1(NC(=O)N2CCC(N3CCN(C)CC3)CC2)C(=O)N(S(=O)(=O)c2ccc(OC)cc2)c2ccc(OC)cc21. The number of hydrogen-bond donors (Lipinski definition) is 1. The maximum atomic E-state index is 15.1. The van der Waals surface area contributed by atoms with E-state index in [0.717, 1.165) is 43.3 Å². The standard InChI is InChI=1S/C35H43N5O7S/c1-5-47-32-9-7-6-8-29(32)35(36-34(42)39-18-16-25(17-19-39)38-22-20-37(2)21-23-38)30-24-27(46-4)12-15-31(30)40(33(35)41)48(43,44)28-13-10-26(45-3)11-14-28/h6-15,24-25H,5,16-23H2,1-4H3,(H,36,42). The molecule has 0 bridgehead atoms. The monoisotopic (exact) mass is 677 g/mol. The van der Waals surface area contributed by atoms with Crippen LogP contribution in [0.4, 0.5) is 10.5 Å². The number of para-hydroxylation sites is 1. The molecule has 3 aliphatic rings. The Bertz CT molecular complexity index is 1750. The van der Waals surface area contributed by atoms with E-state index in [1.165, 1.54) is 44.6 Å². The normalized spacial score (nSPS) is 20.8. The topological polar surface area (TPSA) is 121 Å². The number of ether oxygens (including phenoxy) is 3. The Balaban J connectivity index is 1.42. The zero-order valence-corrected chi connectivity index (χ0v) is 28.7. The van der Waals surface area contributed by atoms with E-state index >= 15 is 4.79 Å². The smallest absolute Gasteiger partial charge is 0.318 e. The fraction of sp³-hybridized carbons (Fsp3) is 0.429. The number of likely N-dealkylation sites (N-methyl/N-ethyl adjacent to an activating group) is 1. The first-order valence-electron chi connectivity index (χ1n) is 16.3. The predicted octanol–water partition coefficient (Wildman–Crippen LogP) is 3.50. The Morgan fingerprint density at radius 3 is 2.17 bits per heavy atom. The van der Waals surface area contributed by atoms with Crippen molar-refractivity contribution in [1.29, 1.82) is 0 Å². The van der Waals surface area contributed by atoms with Crippen LogP contribution in [0, 0.1) is 0 Å². The van der Waals surface area contributed by atoms with E-state index < -0.39 is 27.5 Å². The zero-order valence-electron chi connectivity index (χ0n) is 27.8. The predicted molar refractivity (Wildman–Crippen MR) is 181 cm³/mol. The molecule has 3 aromatic rings. The fourth-order valence-electron chi connectivity index (χ4n) is 6.96. The van der Waals surface area contributed by atoms with Crippen molar-refractivity contribution in [2.24, 2.45) is 0 Å². The van der Waals surface area contributed by atoms with Gasteiger partial charge in [0.05, 0.1) is 31.4 Å². The molecule has 0 aromatic heterocycles. The number of amides is 3. The molecular formula is C35H43N5O7S. The first kappa shape index (κ1) is 33.6. The number of urea groups is 1. The summed E-state index contributed by atoms with van der Waals surface area (Å²) < 4.78 is 46.3. The van der Waals surface area contributed by atoms with Crippen LogP contribution in [0.15, 0.2) is 71.6 Å². The largest absolute Gasteiger partial charge is 0.497 e. The molecule has 3 heterocycles. The Hall–Kier alpha value is -4.33. The summed E-state index contributed by atoms with van der Waals surface area (Å²) in [6, 6.07) is 17.4. The minimum Gasteiger partial charge on any atom is -0.497 e. The van der Waals surface area contributed by atoms with E-state index in [-0.39, 0.29) is 22.8 Å². The number of likely N-dealkylation sites (tertiary alicyclic amines) is 1. The molecule has 3 aliphatic heterocycles. The molecular weight excluding hydrogens is 634 g/mol. The molecule has 1 atom stereocenters. The highest BCUT2D eigenvalue weighted by molar-refractivity contribution is 7.93. The van der Waals surface area contributed by atoms with Crippen molar-refractivity contribution in [2.45, 2.75) is 36.2 Å². The third kappa shape index (κ3) is 5.95. The second-order valence-corrected chi connectivity index (χ2v) is 14.1. The van der Waals surface area contributed by atoms with E-state index in [1.807, 2.05) is 6.92 Å². The molecule has 0 aliphatic carbocycles. The van der Waals surface area contributed by atoms with Gasteiger partial charge in [0.25, 0.3) is 15.9 Å². The van der Waals surface area contributed by atoms with Gasteiger partial charge in [-0.3, -0.25) is 9.69 Å². The molecule has 0 saturated carbocycles. The van der Waals surface area contributed by atoms with E-state index in [9.17, 15) is 13.2 Å². The number of hydrogen-bond acceptors (Lipinski definition) is 9. The molecule has 2 fully saturated rings. The summed E-state index contributed by atoms with van der Waals surface area (Å²) in [7, 11) is 0.643. The summed E-state index contributed by atoms with van der Waals surface area (Å²) >= 11 is 0. The second kappa shape index (κ2) is 13.7. The molecule has 1 unspecified atom stereocenters. The third-order valence-corrected chi connectivity index (χ3v) is 11.3. The number of piperazine rings is 1. The summed E-state index contributed by atoms with van der Waals surface area (Å²) in [6.07, 6.45) is 1.60. The van der Waals surface area contributed by atoms with Crippen LogP contribution < -0.4 is 23.8 Å². The quantitative estimate of drug-likeness (QED) is 0.363. The lowest BCUT2D eigenvalue weighted by Crippen LogP contribution is -2.59. The van der Waals surface area contributed by atoms with Crippen LogP contribution in [-0.2, 0) is 20.4 Å². The van der Waals surface area contributed by atoms with Crippen molar-refractivity contribution in [1.82, 2.24) is 20.0 Å². The molecule has 0 spiro atoms. The summed E-state index contributed by atoms with van der Waals surface area (Å²) in [5.41, 5.74) is -1.27. The van der Waals surface area contributed by atoms with Crippen LogP contribution in [-0.4, -0.2) is 108 Å². The number of benzene rings is 3. The fourth-order valence-corrected chi connectivity index (χ4v) is 8.42. The van der Waals surface area contributed by atoms with Gasteiger partial charge in [-0.1, -0.05) is 18.2 Å². The van der Waals surface area contributed by atoms with Gasteiger partial charge in [0.15, 0.2) is 5.54 Å². The van der Waals surface area contributed by atoms with Gasteiger partial charge in [0.2, 0.25) is 0 Å². The number of anilines is 1. The highest BCUT2D eigenvalue weighted by Gasteiger charge is 2.59. The van der Waals surface area contributed by atoms with Crippen LogP contribution in [0.2, 0.25) is 0 Å². The van der Waals surface area contributed by atoms with Gasteiger partial charge in [-0.15, -0.1) is 0 Å². The molecule has 1 N–H and O–H groups in total. The molecule has 0 radical (unpaired) electrons. The minimum atomic E-state index is -4.46. The van der Waals surface area contributed by atoms with Crippen molar-refractivity contribution < 1.29 is 32.2 Å². The van der Waals surface area contributed by atoms with Gasteiger partial charge in [0, 0.05) is 56.4 Å². The van der Waals surface area contributed by atoms with Crippen LogP contribution in [0.25, 0.3) is 0 Å². The molecule has 48 heavy (non-hydrogen) atoms. The summed E-state index contributed by atoms with van der Waals surface area (Å²) in [5.74, 6) is 0.357. The number of sulfonamides is 1. The maximum Gasteiger partial charge on any atom is 0.318 e. The second-order valence-electron chi connectivity index (χ2n) is 12.3. The number of nitrogens with zero attached hydrogens (tertiary/aromatic N) is 4. The van der Waals surface area contributed by atoms with Gasteiger partial charge in [-0.2, -0.15) is 4.31 Å². The van der Waals surface area contributed by atoms with Crippen LogP contribution in [0.5, 0.6) is 17.2 Å². The van der Waals surface area contributed by atoms with Gasteiger partial charge in [-0.05, 0) is 75.3 Å². The van der Waals surface area contributed by atoms with E-state index in [1.54, 1.807) is 41.3 Å². The van der Waals surface area contributed by atoms with Crippen LogP contribution >= 0.6 is 0 Å². The minimum absolute atomic E-state index is 0.107. The van der Waals surface area contributed by atoms with Crippen molar-refractivity contribution in [3.05, 3.63) is 77.9 Å². The molecule has 13 heteroatoms. The van der Waals surface area contributed by atoms with E-state index in [2.05, 4.69) is 22.2 Å². The van der Waals surface area contributed by atoms with Crippen molar-refractivity contribution in [3.8, 4) is 17.2 Å². The number of nitrogens with one attached hydrogen (secondary N) is 1. The summed E-state index contributed by atoms with van der Waals surface area (Å²) in [4.78, 5) is 35.8. The highest BCUT2D eigenvalue weighted by Crippen LogP contribution is 2.50. The Morgan fingerprint density at radius 1 is 0.875 bits per heavy atom.